The van der Waals surface area contributed by atoms with Crippen LogP contribution in [0.15, 0.2) is 41.2 Å². The van der Waals surface area contributed by atoms with Gasteiger partial charge in [0.05, 0.1) is 10.9 Å². The molecule has 4 rings (SSSR count). The van der Waals surface area contributed by atoms with Crippen molar-refractivity contribution in [3.8, 4) is 0 Å². The van der Waals surface area contributed by atoms with Gasteiger partial charge in [-0.15, -0.1) is 0 Å². The number of nitrogens with one attached hydrogen (secondary N) is 1. The van der Waals surface area contributed by atoms with Crippen LogP contribution in [-0.2, 0) is 13.0 Å². The minimum absolute atomic E-state index is 0.0326. The zero-order valence-electron chi connectivity index (χ0n) is 13.7. The lowest BCUT2D eigenvalue weighted by atomic mass is 10.1. The fourth-order valence-electron chi connectivity index (χ4n) is 3.10. The number of rotatable bonds is 2. The van der Waals surface area contributed by atoms with Gasteiger partial charge >= 0.3 is 0 Å². The predicted octanol–water partition coefficient (Wildman–Crippen LogP) is 3.56. The van der Waals surface area contributed by atoms with Gasteiger partial charge < -0.3 is 5.32 Å². The van der Waals surface area contributed by atoms with E-state index in [2.05, 4.69) is 10.3 Å². The quantitative estimate of drug-likeness (QED) is 0.766. The van der Waals surface area contributed by atoms with Gasteiger partial charge in [0, 0.05) is 29.2 Å². The summed E-state index contributed by atoms with van der Waals surface area (Å²) in [7, 11) is 0. The minimum Gasteiger partial charge on any atom is -0.322 e. The number of aryl methyl sites for hydroxylation is 2. The average molecular weight is 354 g/mol. The molecular weight excluding hydrogens is 338 g/mol. The lowest BCUT2D eigenvalue weighted by Gasteiger charge is -2.09. The van der Waals surface area contributed by atoms with E-state index in [-0.39, 0.29) is 11.5 Å². The third-order valence-corrected chi connectivity index (χ3v) is 4.92. The van der Waals surface area contributed by atoms with Crippen molar-refractivity contribution in [1.82, 2.24) is 9.55 Å². The number of benzene rings is 2. The highest BCUT2D eigenvalue weighted by atomic mass is 35.5. The molecule has 0 spiro atoms. The van der Waals surface area contributed by atoms with Gasteiger partial charge in [-0.1, -0.05) is 17.7 Å². The molecule has 0 radical (unpaired) electrons. The van der Waals surface area contributed by atoms with Crippen molar-refractivity contribution >= 4 is 34.1 Å². The minimum atomic E-state index is -0.260. The number of amides is 1. The topological polar surface area (TPSA) is 64.0 Å². The molecule has 1 amide bonds. The van der Waals surface area contributed by atoms with Crippen molar-refractivity contribution in [1.29, 1.82) is 0 Å². The Hall–Kier alpha value is -2.66. The smallest absolute Gasteiger partial charge is 0.261 e. The Morgan fingerprint density at radius 1 is 1.24 bits per heavy atom. The summed E-state index contributed by atoms with van der Waals surface area (Å²) in [4.78, 5) is 29.5. The summed E-state index contributed by atoms with van der Waals surface area (Å²) in [6, 6.07) is 10.4. The fourth-order valence-corrected chi connectivity index (χ4v) is 3.28. The van der Waals surface area contributed by atoms with E-state index < -0.39 is 0 Å². The third kappa shape index (κ3) is 2.81. The number of carbonyl (C=O) groups is 1. The average Bonchev–Trinajstić information content (AvgIpc) is 3.06. The molecular formula is C19H16ClN3O2. The van der Waals surface area contributed by atoms with Crippen LogP contribution in [0.1, 0.15) is 28.2 Å². The first-order chi connectivity index (χ1) is 12.0. The van der Waals surface area contributed by atoms with Crippen LogP contribution in [0, 0.1) is 6.92 Å². The maximum Gasteiger partial charge on any atom is 0.261 e. The molecule has 1 aliphatic rings. The Kier molecular flexibility index (Phi) is 3.81. The predicted molar refractivity (Wildman–Crippen MR) is 98.5 cm³/mol. The van der Waals surface area contributed by atoms with Gasteiger partial charge in [-0.05, 0) is 49.2 Å². The molecule has 0 atom stereocenters. The normalized spacial score (nSPS) is 13.0. The van der Waals surface area contributed by atoms with Crippen LogP contribution in [0.25, 0.3) is 10.9 Å². The maximum atomic E-state index is 12.5. The fraction of sp³-hybridized carbons (Fsp3) is 0.211. The first kappa shape index (κ1) is 15.8. The second-order valence-corrected chi connectivity index (χ2v) is 6.65. The van der Waals surface area contributed by atoms with Crippen LogP contribution in [0.3, 0.4) is 0 Å². The molecule has 1 N–H and O–H groups in total. The standard InChI is InChI=1S/C19H16ClN3O2/c1-11-4-6-13(10-15(11)20)21-18(24)12-5-7-14-16(9-12)22-17-3-2-8-23(17)19(14)25/h4-7,9-10H,2-3,8H2,1H3,(H,21,24). The van der Waals surface area contributed by atoms with Crippen LogP contribution < -0.4 is 10.9 Å². The summed E-state index contributed by atoms with van der Waals surface area (Å²) in [5.41, 5.74) is 2.56. The van der Waals surface area contributed by atoms with E-state index in [0.29, 0.717) is 33.7 Å². The Bertz CT molecular complexity index is 1070. The van der Waals surface area contributed by atoms with Crippen molar-refractivity contribution in [2.75, 3.05) is 5.32 Å². The highest BCUT2D eigenvalue weighted by molar-refractivity contribution is 6.31. The molecule has 126 valence electrons. The molecule has 0 bridgehead atoms. The zero-order valence-corrected chi connectivity index (χ0v) is 14.4. The first-order valence-electron chi connectivity index (χ1n) is 8.14. The maximum absolute atomic E-state index is 12.5. The molecule has 0 aliphatic carbocycles. The molecule has 0 saturated heterocycles. The molecule has 2 aromatic carbocycles. The number of halogens is 1. The van der Waals surface area contributed by atoms with Gasteiger partial charge in [0.15, 0.2) is 0 Å². The second-order valence-electron chi connectivity index (χ2n) is 6.24. The molecule has 1 aliphatic heterocycles. The summed E-state index contributed by atoms with van der Waals surface area (Å²) in [6.45, 7) is 2.62. The number of carbonyl (C=O) groups excluding carboxylic acids is 1. The number of fused-ring (bicyclic) bond motifs is 2. The number of anilines is 1. The van der Waals surface area contributed by atoms with Gasteiger partial charge in [0.2, 0.25) is 0 Å². The van der Waals surface area contributed by atoms with E-state index in [1.165, 1.54) is 0 Å². The zero-order chi connectivity index (χ0) is 17.6. The number of nitrogens with zero attached hydrogens (tertiary/aromatic N) is 2. The third-order valence-electron chi connectivity index (χ3n) is 4.51. The second kappa shape index (κ2) is 6.01. The molecule has 3 aromatic rings. The van der Waals surface area contributed by atoms with E-state index in [1.54, 1.807) is 34.9 Å². The first-order valence-corrected chi connectivity index (χ1v) is 8.52. The molecule has 6 heteroatoms. The monoisotopic (exact) mass is 353 g/mol. The lowest BCUT2D eigenvalue weighted by Crippen LogP contribution is -2.21. The van der Waals surface area contributed by atoms with E-state index in [9.17, 15) is 9.59 Å². The Morgan fingerprint density at radius 2 is 2.08 bits per heavy atom. The number of aromatic nitrogens is 2. The van der Waals surface area contributed by atoms with Crippen molar-refractivity contribution in [3.63, 3.8) is 0 Å². The van der Waals surface area contributed by atoms with Crippen LogP contribution in [0.2, 0.25) is 5.02 Å². The van der Waals surface area contributed by atoms with E-state index in [4.69, 9.17) is 11.6 Å². The largest absolute Gasteiger partial charge is 0.322 e. The van der Waals surface area contributed by atoms with Crippen LogP contribution in [0.4, 0.5) is 5.69 Å². The number of hydrogen-bond donors (Lipinski definition) is 1. The van der Waals surface area contributed by atoms with Crippen LogP contribution in [-0.4, -0.2) is 15.5 Å². The van der Waals surface area contributed by atoms with Gasteiger partial charge in [0.1, 0.15) is 5.82 Å². The van der Waals surface area contributed by atoms with Crippen LogP contribution in [0.5, 0.6) is 0 Å². The molecule has 0 fully saturated rings. The number of hydrogen-bond acceptors (Lipinski definition) is 3. The van der Waals surface area contributed by atoms with Crippen molar-refractivity contribution in [2.24, 2.45) is 0 Å². The van der Waals surface area contributed by atoms with E-state index in [1.807, 2.05) is 13.0 Å². The van der Waals surface area contributed by atoms with Crippen LogP contribution >= 0.6 is 11.6 Å². The van der Waals surface area contributed by atoms with Gasteiger partial charge in [0.25, 0.3) is 11.5 Å². The summed E-state index contributed by atoms with van der Waals surface area (Å²) in [5, 5.41) is 3.96. The van der Waals surface area contributed by atoms with E-state index >= 15 is 0 Å². The molecule has 0 unspecified atom stereocenters. The summed E-state index contributed by atoms with van der Waals surface area (Å²) in [6.07, 6.45) is 1.73. The Labute approximate surface area is 149 Å². The van der Waals surface area contributed by atoms with Crippen molar-refractivity contribution < 1.29 is 4.79 Å². The van der Waals surface area contributed by atoms with E-state index in [0.717, 1.165) is 24.2 Å². The Balaban J connectivity index is 1.69. The Morgan fingerprint density at radius 3 is 2.88 bits per heavy atom. The summed E-state index contributed by atoms with van der Waals surface area (Å²) in [5.74, 6) is 0.532. The SMILES string of the molecule is Cc1ccc(NC(=O)c2ccc3c(=O)n4c(nc3c2)CCC4)cc1Cl. The van der Waals surface area contributed by atoms with Crippen molar-refractivity contribution in [3.05, 3.63) is 68.7 Å². The molecule has 5 nitrogen and oxygen atoms in total. The highest BCUT2D eigenvalue weighted by Crippen LogP contribution is 2.21. The molecule has 1 aromatic heterocycles. The summed E-state index contributed by atoms with van der Waals surface area (Å²) >= 11 is 6.09. The highest BCUT2D eigenvalue weighted by Gasteiger charge is 2.17. The summed E-state index contributed by atoms with van der Waals surface area (Å²) < 4.78 is 1.72. The van der Waals surface area contributed by atoms with Gasteiger partial charge in [-0.2, -0.15) is 0 Å². The van der Waals surface area contributed by atoms with Crippen molar-refractivity contribution in [2.45, 2.75) is 26.3 Å². The van der Waals surface area contributed by atoms with Gasteiger partial charge in [-0.25, -0.2) is 4.98 Å². The lowest BCUT2D eigenvalue weighted by molar-refractivity contribution is 0.102. The molecule has 25 heavy (non-hydrogen) atoms. The molecule has 2 heterocycles. The molecule has 0 saturated carbocycles. The van der Waals surface area contributed by atoms with Gasteiger partial charge in [-0.3, -0.25) is 14.2 Å².